The summed E-state index contributed by atoms with van der Waals surface area (Å²) >= 11 is 5.80. The largest absolute Gasteiger partial charge is 0.433 e. The van der Waals surface area contributed by atoms with Gasteiger partial charge in [-0.3, -0.25) is 9.59 Å². The highest BCUT2D eigenvalue weighted by Gasteiger charge is 2.11. The van der Waals surface area contributed by atoms with Crippen molar-refractivity contribution in [1.82, 2.24) is 5.32 Å². The van der Waals surface area contributed by atoms with Gasteiger partial charge in [-0.2, -0.15) is 8.78 Å². The van der Waals surface area contributed by atoms with Gasteiger partial charge in [-0.25, -0.2) is 0 Å². The second-order valence-electron chi connectivity index (χ2n) is 4.94. The molecule has 0 aliphatic rings. The molecule has 0 atom stereocenters. The molecule has 0 aromatic heterocycles. The molecule has 0 aliphatic heterocycles. The number of rotatable bonds is 7. The number of alkyl halides is 2. The average molecular weight is 369 g/mol. The third kappa shape index (κ3) is 6.04. The topological polar surface area (TPSA) is 67.4 Å². The van der Waals surface area contributed by atoms with Gasteiger partial charge in [0.1, 0.15) is 5.75 Å². The molecule has 2 aromatic rings. The molecule has 0 radical (unpaired) electrons. The first-order chi connectivity index (χ1) is 12.0. The van der Waals surface area contributed by atoms with Crippen molar-refractivity contribution in [2.45, 2.75) is 13.0 Å². The summed E-state index contributed by atoms with van der Waals surface area (Å²) in [6.45, 7) is -2.83. The van der Waals surface area contributed by atoms with E-state index in [1.807, 2.05) is 0 Å². The number of nitrogens with one attached hydrogen (secondary N) is 2. The van der Waals surface area contributed by atoms with E-state index < -0.39 is 6.61 Å². The molecule has 0 bridgehead atoms. The van der Waals surface area contributed by atoms with E-state index in [2.05, 4.69) is 15.4 Å². The van der Waals surface area contributed by atoms with Crippen molar-refractivity contribution in [3.63, 3.8) is 0 Å². The molecule has 2 aromatic carbocycles. The number of anilines is 1. The molecule has 8 heteroatoms. The lowest BCUT2D eigenvalue weighted by Crippen LogP contribution is -2.27. The predicted octanol–water partition coefficient (Wildman–Crippen LogP) is 3.70. The summed E-state index contributed by atoms with van der Waals surface area (Å²) in [5.74, 6) is -0.804. The molecular formula is C17H15ClF2N2O3. The normalized spacial score (nSPS) is 10.4. The lowest BCUT2D eigenvalue weighted by Gasteiger charge is -2.10. The second-order valence-corrected chi connectivity index (χ2v) is 5.35. The van der Waals surface area contributed by atoms with Gasteiger partial charge < -0.3 is 15.4 Å². The van der Waals surface area contributed by atoms with Crippen molar-refractivity contribution in [3.05, 3.63) is 59.1 Å². The van der Waals surface area contributed by atoms with Gasteiger partial charge in [0.2, 0.25) is 5.91 Å². The van der Waals surface area contributed by atoms with Crippen LogP contribution in [0, 0.1) is 0 Å². The maximum Gasteiger partial charge on any atom is 0.387 e. The van der Waals surface area contributed by atoms with E-state index in [-0.39, 0.29) is 35.6 Å². The number of ether oxygens (including phenoxy) is 1. The number of benzene rings is 2. The minimum Gasteiger partial charge on any atom is -0.433 e. The number of carbonyl (C=O) groups excluding carboxylic acids is 2. The maximum atomic E-state index is 12.2. The zero-order valence-electron chi connectivity index (χ0n) is 13.0. The van der Waals surface area contributed by atoms with E-state index in [1.54, 1.807) is 30.3 Å². The van der Waals surface area contributed by atoms with Crippen LogP contribution in [-0.4, -0.2) is 25.0 Å². The molecule has 2 amide bonds. The first-order valence-corrected chi connectivity index (χ1v) is 7.71. The fourth-order valence-electron chi connectivity index (χ4n) is 1.97. The molecule has 25 heavy (non-hydrogen) atoms. The quantitative estimate of drug-likeness (QED) is 0.783. The van der Waals surface area contributed by atoms with E-state index in [9.17, 15) is 18.4 Å². The Morgan fingerprint density at radius 1 is 1.12 bits per heavy atom. The van der Waals surface area contributed by atoms with E-state index in [1.165, 1.54) is 18.2 Å². The Morgan fingerprint density at radius 3 is 2.48 bits per heavy atom. The molecule has 0 heterocycles. The second kappa shape index (κ2) is 8.98. The standard InChI is InChI=1S/C17H15ClF2N2O3/c18-13-10-12(6-7-14(13)25-17(19)20)22-15(23)8-9-21-16(24)11-4-2-1-3-5-11/h1-7,10,17H,8-9H2,(H,21,24)(H,22,23). The van der Waals surface area contributed by atoms with E-state index in [0.717, 1.165) is 0 Å². The Kier molecular flexibility index (Phi) is 6.71. The van der Waals surface area contributed by atoms with Crippen LogP contribution in [0.15, 0.2) is 48.5 Å². The average Bonchev–Trinajstić information content (AvgIpc) is 2.57. The van der Waals surface area contributed by atoms with E-state index in [4.69, 9.17) is 11.6 Å². The third-order valence-corrected chi connectivity index (χ3v) is 3.40. The first kappa shape index (κ1) is 18.7. The molecule has 0 unspecified atom stereocenters. The van der Waals surface area contributed by atoms with Crippen LogP contribution in [0.5, 0.6) is 5.75 Å². The van der Waals surface area contributed by atoms with Crippen molar-refractivity contribution in [1.29, 1.82) is 0 Å². The molecule has 5 nitrogen and oxygen atoms in total. The molecule has 0 spiro atoms. The van der Waals surface area contributed by atoms with Crippen LogP contribution in [0.1, 0.15) is 16.8 Å². The number of hydrogen-bond acceptors (Lipinski definition) is 3. The maximum absolute atomic E-state index is 12.2. The van der Waals surface area contributed by atoms with Gasteiger partial charge in [-0.1, -0.05) is 29.8 Å². The Bertz CT molecular complexity index is 742. The van der Waals surface area contributed by atoms with Crippen LogP contribution in [0.4, 0.5) is 14.5 Å². The number of carbonyl (C=O) groups is 2. The highest BCUT2D eigenvalue weighted by Crippen LogP contribution is 2.28. The Labute approximate surface area is 147 Å². The zero-order valence-corrected chi connectivity index (χ0v) is 13.7. The summed E-state index contributed by atoms with van der Waals surface area (Å²) in [4.78, 5) is 23.7. The lowest BCUT2D eigenvalue weighted by molar-refractivity contribution is -0.116. The molecule has 2 rings (SSSR count). The smallest absolute Gasteiger partial charge is 0.387 e. The molecule has 0 aliphatic carbocycles. The van der Waals surface area contributed by atoms with Crippen molar-refractivity contribution in [3.8, 4) is 5.75 Å². The van der Waals surface area contributed by atoms with Crippen LogP contribution in [0.25, 0.3) is 0 Å². The molecular weight excluding hydrogens is 354 g/mol. The van der Waals surface area contributed by atoms with Crippen molar-refractivity contribution < 1.29 is 23.1 Å². The molecule has 0 saturated heterocycles. The van der Waals surface area contributed by atoms with Crippen molar-refractivity contribution >= 4 is 29.1 Å². The van der Waals surface area contributed by atoms with Gasteiger partial charge in [-0.05, 0) is 30.3 Å². The monoisotopic (exact) mass is 368 g/mol. The Morgan fingerprint density at radius 2 is 1.84 bits per heavy atom. The summed E-state index contributed by atoms with van der Waals surface area (Å²) in [5.41, 5.74) is 0.843. The van der Waals surface area contributed by atoms with Crippen molar-refractivity contribution in [2.75, 3.05) is 11.9 Å². The van der Waals surface area contributed by atoms with Gasteiger partial charge in [-0.15, -0.1) is 0 Å². The predicted molar refractivity (Wildman–Crippen MR) is 90.1 cm³/mol. The summed E-state index contributed by atoms with van der Waals surface area (Å²) in [6.07, 6.45) is 0.0471. The van der Waals surface area contributed by atoms with Gasteiger partial charge in [0, 0.05) is 24.2 Å². The number of hydrogen-bond donors (Lipinski definition) is 2. The fraction of sp³-hybridized carbons (Fsp3) is 0.176. The van der Waals surface area contributed by atoms with Crippen LogP contribution in [0.3, 0.4) is 0 Å². The highest BCUT2D eigenvalue weighted by atomic mass is 35.5. The first-order valence-electron chi connectivity index (χ1n) is 7.33. The minimum absolute atomic E-state index is 0.0459. The minimum atomic E-state index is -2.98. The molecule has 2 N–H and O–H groups in total. The third-order valence-electron chi connectivity index (χ3n) is 3.11. The summed E-state index contributed by atoms with van der Waals surface area (Å²) < 4.78 is 28.5. The molecule has 0 saturated carbocycles. The summed E-state index contributed by atoms with van der Waals surface area (Å²) in [5, 5.41) is 5.14. The van der Waals surface area contributed by atoms with E-state index in [0.29, 0.717) is 11.3 Å². The van der Waals surface area contributed by atoms with Crippen LogP contribution in [0.2, 0.25) is 5.02 Å². The molecule has 0 fully saturated rings. The lowest BCUT2D eigenvalue weighted by atomic mass is 10.2. The van der Waals surface area contributed by atoms with Gasteiger partial charge in [0.25, 0.3) is 5.91 Å². The fourth-order valence-corrected chi connectivity index (χ4v) is 2.20. The van der Waals surface area contributed by atoms with Crippen molar-refractivity contribution in [2.24, 2.45) is 0 Å². The number of halogens is 3. The van der Waals surface area contributed by atoms with Crippen LogP contribution < -0.4 is 15.4 Å². The number of amides is 2. The Hall–Kier alpha value is -2.67. The van der Waals surface area contributed by atoms with Crippen LogP contribution >= 0.6 is 11.6 Å². The SMILES string of the molecule is O=C(CCNC(=O)c1ccccc1)Nc1ccc(OC(F)F)c(Cl)c1. The van der Waals surface area contributed by atoms with Gasteiger partial charge in [0.05, 0.1) is 5.02 Å². The Balaban J connectivity index is 1.80. The highest BCUT2D eigenvalue weighted by molar-refractivity contribution is 6.32. The summed E-state index contributed by atoms with van der Waals surface area (Å²) in [7, 11) is 0. The summed E-state index contributed by atoms with van der Waals surface area (Å²) in [6, 6.07) is 12.6. The van der Waals surface area contributed by atoms with Crippen LogP contribution in [-0.2, 0) is 4.79 Å². The van der Waals surface area contributed by atoms with E-state index >= 15 is 0 Å². The van der Waals surface area contributed by atoms with Gasteiger partial charge in [0.15, 0.2) is 0 Å². The molecule has 132 valence electrons. The zero-order chi connectivity index (χ0) is 18.2. The van der Waals surface area contributed by atoms with Gasteiger partial charge >= 0.3 is 6.61 Å².